The van der Waals surface area contributed by atoms with E-state index >= 15 is 0 Å². The lowest BCUT2D eigenvalue weighted by molar-refractivity contribution is -0.143. The van der Waals surface area contributed by atoms with Crippen LogP contribution in [0.25, 0.3) is 6.08 Å². The minimum atomic E-state index is -4.66. The van der Waals surface area contributed by atoms with Crippen molar-refractivity contribution in [1.29, 1.82) is 0 Å². The molecule has 2 aromatic carbocycles. The Morgan fingerprint density at radius 2 is 1.50 bits per heavy atom. The highest BCUT2D eigenvalue weighted by molar-refractivity contribution is 6.48. The zero-order chi connectivity index (χ0) is 29.1. The van der Waals surface area contributed by atoms with Crippen LogP contribution in [0.1, 0.15) is 46.8 Å². The zero-order valence-corrected chi connectivity index (χ0v) is 22.5. The SMILES string of the molecule is Cc1cc(/C=C/C(c2cc(Cl)c(Cl)c(Cl)c2)C(F)(F)F)ccc1C(=O)NCC(C)(C)C(=O)NCC(F)(F)F. The van der Waals surface area contributed by atoms with Crippen LogP contribution in [-0.2, 0) is 4.79 Å². The van der Waals surface area contributed by atoms with Crippen molar-refractivity contribution in [1.82, 2.24) is 10.6 Å². The highest BCUT2D eigenvalue weighted by Gasteiger charge is 2.39. The third-order valence-corrected chi connectivity index (χ3v) is 6.65. The molecule has 2 aromatic rings. The largest absolute Gasteiger partial charge is 0.405 e. The summed E-state index contributed by atoms with van der Waals surface area (Å²) in [5, 5.41) is 3.98. The van der Waals surface area contributed by atoms with E-state index in [2.05, 4.69) is 5.32 Å². The molecule has 0 aromatic heterocycles. The van der Waals surface area contributed by atoms with Crippen molar-refractivity contribution in [2.75, 3.05) is 13.1 Å². The number of aryl methyl sites for hydroxylation is 1. The molecule has 4 nitrogen and oxygen atoms in total. The molecular formula is C25H23Cl3F6N2O2. The van der Waals surface area contributed by atoms with E-state index in [1.165, 1.54) is 38.1 Å². The van der Waals surface area contributed by atoms with Crippen molar-refractivity contribution in [3.63, 3.8) is 0 Å². The van der Waals surface area contributed by atoms with Crippen molar-refractivity contribution in [2.45, 2.75) is 39.0 Å². The van der Waals surface area contributed by atoms with E-state index in [4.69, 9.17) is 34.8 Å². The molecule has 0 aliphatic rings. The van der Waals surface area contributed by atoms with Gasteiger partial charge in [0.15, 0.2) is 0 Å². The van der Waals surface area contributed by atoms with Gasteiger partial charge in [0.25, 0.3) is 5.91 Å². The average molecular weight is 604 g/mol. The fourth-order valence-corrected chi connectivity index (χ4v) is 3.93. The van der Waals surface area contributed by atoms with Crippen molar-refractivity contribution in [3.8, 4) is 0 Å². The predicted octanol–water partition coefficient (Wildman–Crippen LogP) is 7.75. The van der Waals surface area contributed by atoms with E-state index in [1.807, 2.05) is 0 Å². The van der Waals surface area contributed by atoms with Crippen LogP contribution in [0.2, 0.25) is 15.1 Å². The summed E-state index contributed by atoms with van der Waals surface area (Å²) in [4.78, 5) is 24.7. The van der Waals surface area contributed by atoms with Crippen LogP contribution in [-0.4, -0.2) is 37.3 Å². The van der Waals surface area contributed by atoms with Gasteiger partial charge in [-0.2, -0.15) is 26.3 Å². The number of allylic oxidation sites excluding steroid dienone is 1. The van der Waals surface area contributed by atoms with Crippen LogP contribution in [0.4, 0.5) is 26.3 Å². The molecule has 38 heavy (non-hydrogen) atoms. The molecule has 0 radical (unpaired) electrons. The van der Waals surface area contributed by atoms with Gasteiger partial charge in [0.1, 0.15) is 6.54 Å². The second-order valence-corrected chi connectivity index (χ2v) is 10.3. The molecule has 1 unspecified atom stereocenters. The number of alkyl halides is 6. The van der Waals surface area contributed by atoms with Crippen molar-refractivity contribution < 1.29 is 35.9 Å². The summed E-state index contributed by atoms with van der Waals surface area (Å²) in [7, 11) is 0. The fraction of sp³-hybridized carbons (Fsp3) is 0.360. The molecule has 0 saturated heterocycles. The topological polar surface area (TPSA) is 58.2 Å². The Bertz CT molecular complexity index is 1200. The Morgan fingerprint density at radius 1 is 0.921 bits per heavy atom. The van der Waals surface area contributed by atoms with Crippen molar-refractivity contribution >= 4 is 52.7 Å². The number of hydrogen-bond acceptors (Lipinski definition) is 2. The molecule has 208 valence electrons. The van der Waals surface area contributed by atoms with E-state index in [9.17, 15) is 35.9 Å². The standard InChI is InChI=1S/C25H23Cl3F6N2O2/c1-13-8-14(5-7-17(25(32,33)34)15-9-18(26)20(28)19(27)10-15)4-6-16(13)21(37)35-11-23(2,3)22(38)36-12-24(29,30)31/h4-10,17H,11-12H2,1-3H3,(H,35,37)(H,36,38)/b7-5+. The summed E-state index contributed by atoms with van der Waals surface area (Å²) >= 11 is 17.6. The molecule has 0 bridgehead atoms. The van der Waals surface area contributed by atoms with Crippen LogP contribution in [0.3, 0.4) is 0 Å². The monoisotopic (exact) mass is 602 g/mol. The smallest absolute Gasteiger partial charge is 0.351 e. The minimum absolute atomic E-state index is 0.0585. The van der Waals surface area contributed by atoms with Gasteiger partial charge in [0.05, 0.1) is 26.4 Å². The van der Waals surface area contributed by atoms with Crippen LogP contribution in [0.15, 0.2) is 36.4 Å². The quantitative estimate of drug-likeness (QED) is 0.240. The van der Waals surface area contributed by atoms with E-state index in [-0.39, 0.29) is 32.7 Å². The Labute approximate surface area is 230 Å². The molecule has 0 aliphatic heterocycles. The Hall–Kier alpha value is -2.43. The van der Waals surface area contributed by atoms with E-state index in [0.29, 0.717) is 11.1 Å². The van der Waals surface area contributed by atoms with Gasteiger partial charge < -0.3 is 10.6 Å². The zero-order valence-electron chi connectivity index (χ0n) is 20.3. The molecule has 0 fully saturated rings. The van der Waals surface area contributed by atoms with Gasteiger partial charge in [-0.15, -0.1) is 0 Å². The maximum absolute atomic E-state index is 13.8. The number of hydrogen-bond donors (Lipinski definition) is 2. The molecule has 0 aliphatic carbocycles. The average Bonchev–Trinajstić information content (AvgIpc) is 2.78. The van der Waals surface area contributed by atoms with Gasteiger partial charge in [0.2, 0.25) is 5.91 Å². The third kappa shape index (κ3) is 8.81. The summed E-state index contributed by atoms with van der Waals surface area (Å²) in [5.41, 5.74) is -0.575. The first-order valence-electron chi connectivity index (χ1n) is 10.9. The van der Waals surface area contributed by atoms with Crippen LogP contribution in [0.5, 0.6) is 0 Å². The number of rotatable bonds is 8. The van der Waals surface area contributed by atoms with Gasteiger partial charge in [-0.1, -0.05) is 59.1 Å². The lowest BCUT2D eigenvalue weighted by atomic mass is 9.92. The van der Waals surface area contributed by atoms with Crippen LogP contribution in [0, 0.1) is 12.3 Å². The van der Waals surface area contributed by atoms with Gasteiger partial charge in [-0.05, 0) is 55.7 Å². The summed E-state index contributed by atoms with van der Waals surface area (Å²) in [6.45, 7) is 2.56. The Balaban J connectivity index is 2.16. The van der Waals surface area contributed by atoms with Gasteiger partial charge >= 0.3 is 12.4 Å². The summed E-state index contributed by atoms with van der Waals surface area (Å²) in [5.74, 6) is -3.54. The Morgan fingerprint density at radius 3 is 2.00 bits per heavy atom. The highest BCUT2D eigenvalue weighted by atomic mass is 35.5. The van der Waals surface area contributed by atoms with Crippen LogP contribution >= 0.6 is 34.8 Å². The van der Waals surface area contributed by atoms with Crippen LogP contribution < -0.4 is 10.6 Å². The number of nitrogens with one attached hydrogen (secondary N) is 2. The molecule has 1 atom stereocenters. The maximum Gasteiger partial charge on any atom is 0.405 e. The summed E-state index contributed by atoms with van der Waals surface area (Å²) < 4.78 is 78.3. The second-order valence-electron chi connectivity index (χ2n) is 9.12. The molecule has 0 saturated carbocycles. The molecule has 2 rings (SSSR count). The molecule has 2 amide bonds. The molecule has 2 N–H and O–H groups in total. The summed E-state index contributed by atoms with van der Waals surface area (Å²) in [6.07, 6.45) is -7.08. The first-order chi connectivity index (χ1) is 17.3. The first kappa shape index (κ1) is 31.8. The second kappa shape index (κ2) is 12.2. The predicted molar refractivity (Wildman–Crippen MR) is 136 cm³/mol. The molecule has 0 spiro atoms. The van der Waals surface area contributed by atoms with Gasteiger partial charge in [0, 0.05) is 12.1 Å². The fourth-order valence-electron chi connectivity index (χ4n) is 3.31. The lowest BCUT2D eigenvalue weighted by Gasteiger charge is -2.24. The van der Waals surface area contributed by atoms with E-state index in [0.717, 1.165) is 18.2 Å². The number of benzene rings is 2. The molecular weight excluding hydrogens is 581 g/mol. The normalized spacial score (nSPS) is 13.5. The van der Waals surface area contributed by atoms with E-state index < -0.39 is 42.0 Å². The number of halogens is 9. The first-order valence-corrected chi connectivity index (χ1v) is 12.1. The number of amides is 2. The van der Waals surface area contributed by atoms with E-state index in [1.54, 1.807) is 12.2 Å². The molecule has 13 heteroatoms. The highest BCUT2D eigenvalue weighted by Crippen LogP contribution is 2.41. The number of carbonyl (C=O) groups is 2. The summed E-state index contributed by atoms with van der Waals surface area (Å²) in [6, 6.07) is 6.47. The lowest BCUT2D eigenvalue weighted by Crippen LogP contribution is -2.47. The number of carbonyl (C=O) groups excluding carboxylic acids is 2. The van der Waals surface area contributed by atoms with Gasteiger partial charge in [-0.3, -0.25) is 9.59 Å². The van der Waals surface area contributed by atoms with Gasteiger partial charge in [-0.25, -0.2) is 0 Å². The Kier molecular flexibility index (Phi) is 10.2. The van der Waals surface area contributed by atoms with Crippen molar-refractivity contribution in [2.24, 2.45) is 5.41 Å². The molecule has 0 heterocycles. The third-order valence-electron chi connectivity index (χ3n) is 5.45. The maximum atomic E-state index is 13.8. The minimum Gasteiger partial charge on any atom is -0.351 e. The van der Waals surface area contributed by atoms with Crippen molar-refractivity contribution in [3.05, 3.63) is 73.7 Å².